The van der Waals surface area contributed by atoms with Gasteiger partial charge in [0, 0.05) is 48.6 Å². The molecular formula is C28H30N4O5S. The second-order valence-electron chi connectivity index (χ2n) is 9.47. The summed E-state index contributed by atoms with van der Waals surface area (Å²) in [6.07, 6.45) is 0. The summed E-state index contributed by atoms with van der Waals surface area (Å²) in [5.41, 5.74) is 8.49. The lowest BCUT2D eigenvalue weighted by molar-refractivity contribution is -0.140. The van der Waals surface area contributed by atoms with Crippen LogP contribution in [0.3, 0.4) is 0 Å². The molecule has 1 aliphatic rings. The van der Waals surface area contributed by atoms with E-state index in [-0.39, 0.29) is 19.0 Å². The van der Waals surface area contributed by atoms with E-state index in [2.05, 4.69) is 21.5 Å². The minimum absolute atomic E-state index is 0.247. The van der Waals surface area contributed by atoms with Gasteiger partial charge in [-0.3, -0.25) is 9.59 Å². The van der Waals surface area contributed by atoms with Crippen LogP contribution in [0.25, 0.3) is 10.8 Å². The Labute approximate surface area is 222 Å². The fourth-order valence-electron chi connectivity index (χ4n) is 4.36. The maximum Gasteiger partial charge on any atom is 0.322 e. The number of aliphatic carboxylic acids is 1. The molecule has 1 amide bonds. The van der Waals surface area contributed by atoms with Gasteiger partial charge in [0.1, 0.15) is 6.04 Å². The third-order valence-electron chi connectivity index (χ3n) is 6.52. The summed E-state index contributed by atoms with van der Waals surface area (Å²) in [7, 11) is -3.91. The van der Waals surface area contributed by atoms with Crippen LogP contribution in [0.4, 0.5) is 5.69 Å². The third-order valence-corrected chi connectivity index (χ3v) is 8.12. The Balaban J connectivity index is 1.40. The molecule has 1 atom stereocenters. The number of benzene rings is 3. The fourth-order valence-corrected chi connectivity index (χ4v) is 5.85. The SMILES string of the molecule is CC(C)C(NS(=O)(=O)N1CCN(c2ccc(C#Cc3ccc4cccc(C(N)=O)c4c3)cc2)CC1)C(=O)O. The molecule has 198 valence electrons. The largest absolute Gasteiger partial charge is 0.480 e. The predicted octanol–water partition coefficient (Wildman–Crippen LogP) is 2.40. The minimum atomic E-state index is -3.91. The molecule has 4 rings (SSSR count). The minimum Gasteiger partial charge on any atom is -0.480 e. The highest BCUT2D eigenvalue weighted by Gasteiger charge is 2.32. The van der Waals surface area contributed by atoms with Crippen LogP contribution in [0.1, 0.15) is 35.3 Å². The number of hydrogen-bond acceptors (Lipinski definition) is 5. The van der Waals surface area contributed by atoms with Crippen molar-refractivity contribution in [2.24, 2.45) is 11.7 Å². The Morgan fingerprint density at radius 3 is 2.18 bits per heavy atom. The molecule has 1 fully saturated rings. The van der Waals surface area contributed by atoms with Gasteiger partial charge in [0.25, 0.3) is 10.2 Å². The van der Waals surface area contributed by atoms with E-state index in [1.807, 2.05) is 48.5 Å². The number of carbonyl (C=O) groups is 2. The second-order valence-corrected chi connectivity index (χ2v) is 11.2. The number of rotatable bonds is 7. The number of anilines is 1. The lowest BCUT2D eigenvalue weighted by atomic mass is 10.0. The van der Waals surface area contributed by atoms with Crippen LogP contribution >= 0.6 is 0 Å². The van der Waals surface area contributed by atoms with E-state index in [1.165, 1.54) is 4.31 Å². The molecule has 1 aliphatic heterocycles. The molecule has 0 spiro atoms. The number of hydrogen-bond donors (Lipinski definition) is 3. The predicted molar refractivity (Wildman–Crippen MR) is 147 cm³/mol. The van der Waals surface area contributed by atoms with Gasteiger partial charge in [0.05, 0.1) is 0 Å². The number of amides is 1. The van der Waals surface area contributed by atoms with Gasteiger partial charge in [-0.25, -0.2) is 0 Å². The second kappa shape index (κ2) is 11.2. The standard InChI is InChI=1S/C28H30N4O5S/c1-19(2)26(28(34)35)30-38(36,37)32-16-14-31(15-17-32)23-12-9-20(10-13-23)6-7-21-8-11-22-4-3-5-24(27(29)33)25(22)18-21/h3-5,8-13,18-19,26,30H,14-17H2,1-2H3,(H2,29,33)(H,34,35). The van der Waals surface area contributed by atoms with Crippen LogP contribution in [-0.2, 0) is 15.0 Å². The van der Waals surface area contributed by atoms with Crippen molar-refractivity contribution in [2.75, 3.05) is 31.1 Å². The number of carboxylic acid groups (broad SMARTS) is 1. The molecular weight excluding hydrogens is 504 g/mol. The summed E-state index contributed by atoms with van der Waals surface area (Å²) in [6, 6.07) is 17.6. The first-order valence-electron chi connectivity index (χ1n) is 12.2. The highest BCUT2D eigenvalue weighted by Crippen LogP contribution is 2.21. The van der Waals surface area contributed by atoms with Crippen LogP contribution in [0.15, 0.2) is 60.7 Å². The summed E-state index contributed by atoms with van der Waals surface area (Å²) < 4.78 is 29.0. The van der Waals surface area contributed by atoms with Gasteiger partial charge in [-0.1, -0.05) is 43.9 Å². The number of primary amides is 1. The lowest BCUT2D eigenvalue weighted by Gasteiger charge is -2.36. The van der Waals surface area contributed by atoms with E-state index in [0.717, 1.165) is 27.6 Å². The van der Waals surface area contributed by atoms with Crippen molar-refractivity contribution in [1.29, 1.82) is 0 Å². The van der Waals surface area contributed by atoms with Gasteiger partial charge in [-0.2, -0.15) is 17.4 Å². The lowest BCUT2D eigenvalue weighted by Crippen LogP contribution is -2.55. The number of piperazine rings is 1. The van der Waals surface area contributed by atoms with E-state index in [1.54, 1.807) is 26.0 Å². The van der Waals surface area contributed by atoms with Crippen molar-refractivity contribution >= 4 is 38.5 Å². The summed E-state index contributed by atoms with van der Waals surface area (Å²) in [4.78, 5) is 25.2. The van der Waals surface area contributed by atoms with Gasteiger partial charge in [0.15, 0.2) is 0 Å². The Morgan fingerprint density at radius 2 is 1.58 bits per heavy atom. The molecule has 3 aromatic carbocycles. The molecule has 1 saturated heterocycles. The van der Waals surface area contributed by atoms with Gasteiger partial charge in [-0.05, 0) is 59.2 Å². The number of nitrogens with zero attached hydrogens (tertiary/aromatic N) is 2. The van der Waals surface area contributed by atoms with E-state index in [9.17, 15) is 23.1 Å². The normalized spacial score (nSPS) is 15.2. The van der Waals surface area contributed by atoms with E-state index in [0.29, 0.717) is 18.7 Å². The van der Waals surface area contributed by atoms with E-state index >= 15 is 0 Å². The monoisotopic (exact) mass is 534 g/mol. The van der Waals surface area contributed by atoms with Crippen molar-refractivity contribution in [2.45, 2.75) is 19.9 Å². The zero-order valence-corrected chi connectivity index (χ0v) is 22.0. The molecule has 38 heavy (non-hydrogen) atoms. The average Bonchev–Trinajstić information content (AvgIpc) is 2.90. The number of carbonyl (C=O) groups excluding carboxylic acids is 1. The molecule has 1 heterocycles. The number of nitrogens with one attached hydrogen (secondary N) is 1. The molecule has 0 bridgehead atoms. The Kier molecular flexibility index (Phi) is 8.02. The van der Waals surface area contributed by atoms with Crippen molar-refractivity contribution in [3.63, 3.8) is 0 Å². The quantitative estimate of drug-likeness (QED) is 0.399. The Morgan fingerprint density at radius 1 is 0.947 bits per heavy atom. The zero-order chi connectivity index (χ0) is 27.4. The first-order chi connectivity index (χ1) is 18.0. The summed E-state index contributed by atoms with van der Waals surface area (Å²) >= 11 is 0. The topological polar surface area (TPSA) is 133 Å². The van der Waals surface area contributed by atoms with Crippen molar-refractivity contribution in [1.82, 2.24) is 9.03 Å². The molecule has 0 aromatic heterocycles. The van der Waals surface area contributed by atoms with Crippen molar-refractivity contribution in [3.8, 4) is 11.8 Å². The first-order valence-corrected chi connectivity index (χ1v) is 13.7. The molecule has 9 nitrogen and oxygen atoms in total. The number of nitrogens with two attached hydrogens (primary N) is 1. The summed E-state index contributed by atoms with van der Waals surface area (Å²) in [5.74, 6) is 4.22. The van der Waals surface area contributed by atoms with E-state index in [4.69, 9.17) is 5.73 Å². The van der Waals surface area contributed by atoms with Crippen molar-refractivity contribution < 1.29 is 23.1 Å². The van der Waals surface area contributed by atoms with Crippen molar-refractivity contribution in [3.05, 3.63) is 77.4 Å². The first kappa shape index (κ1) is 27.1. The Bertz CT molecular complexity index is 1520. The van der Waals surface area contributed by atoms with Gasteiger partial charge in [-0.15, -0.1) is 0 Å². The highest BCUT2D eigenvalue weighted by atomic mass is 32.2. The molecule has 4 N–H and O–H groups in total. The highest BCUT2D eigenvalue weighted by molar-refractivity contribution is 7.87. The molecule has 0 aliphatic carbocycles. The number of fused-ring (bicyclic) bond motifs is 1. The molecule has 1 unspecified atom stereocenters. The van der Waals surface area contributed by atoms with Gasteiger partial charge >= 0.3 is 5.97 Å². The van der Waals surface area contributed by atoms with Crippen LogP contribution in [0, 0.1) is 17.8 Å². The maximum absolute atomic E-state index is 12.7. The van der Waals surface area contributed by atoms with E-state index < -0.39 is 28.1 Å². The summed E-state index contributed by atoms with van der Waals surface area (Å²) in [5, 5.41) is 11.0. The summed E-state index contributed by atoms with van der Waals surface area (Å²) in [6.45, 7) is 4.77. The van der Waals surface area contributed by atoms with Crippen LogP contribution in [-0.4, -0.2) is 61.9 Å². The van der Waals surface area contributed by atoms with Crippen LogP contribution in [0.5, 0.6) is 0 Å². The fraction of sp³-hybridized carbons (Fsp3) is 0.286. The molecule has 0 radical (unpaired) electrons. The molecule has 3 aromatic rings. The Hall–Kier alpha value is -3.91. The van der Waals surface area contributed by atoms with Crippen LogP contribution in [0.2, 0.25) is 0 Å². The van der Waals surface area contributed by atoms with Gasteiger partial charge in [0.2, 0.25) is 5.91 Å². The molecule has 10 heteroatoms. The smallest absolute Gasteiger partial charge is 0.322 e. The van der Waals surface area contributed by atoms with Crippen LogP contribution < -0.4 is 15.4 Å². The zero-order valence-electron chi connectivity index (χ0n) is 21.2. The third kappa shape index (κ3) is 6.14. The molecule has 0 saturated carbocycles. The maximum atomic E-state index is 12.7. The average molecular weight is 535 g/mol. The number of carboxylic acids is 1. The van der Waals surface area contributed by atoms with Gasteiger partial charge < -0.3 is 15.7 Å².